The van der Waals surface area contributed by atoms with Gasteiger partial charge in [0.25, 0.3) is 5.91 Å². The fourth-order valence-electron chi connectivity index (χ4n) is 2.51. The number of alkyl halides is 3. The second-order valence-corrected chi connectivity index (χ2v) is 5.68. The van der Waals surface area contributed by atoms with E-state index in [1.54, 1.807) is 19.2 Å². The number of nitrogens with one attached hydrogen (secondary N) is 2. The minimum absolute atomic E-state index is 0.0178. The van der Waals surface area contributed by atoms with Gasteiger partial charge in [0.05, 0.1) is 17.6 Å². The molecule has 2 aromatic heterocycles. The number of hydrogen-bond acceptors (Lipinski definition) is 4. The minimum atomic E-state index is -4.57. The smallest absolute Gasteiger partial charge is 0.421 e. The molecule has 0 radical (unpaired) electrons. The number of aromatic amines is 1. The summed E-state index contributed by atoms with van der Waals surface area (Å²) in [6.45, 7) is -0.202. The molecule has 3 aromatic rings. The van der Waals surface area contributed by atoms with Crippen LogP contribution >= 0.6 is 0 Å². The summed E-state index contributed by atoms with van der Waals surface area (Å²) in [6, 6.07) is 6.74. The van der Waals surface area contributed by atoms with Crippen LogP contribution in [0.1, 0.15) is 15.9 Å². The van der Waals surface area contributed by atoms with E-state index in [-0.39, 0.29) is 18.8 Å². The lowest BCUT2D eigenvalue weighted by molar-refractivity contribution is -0.139. The summed E-state index contributed by atoms with van der Waals surface area (Å²) in [5.41, 5.74) is 0.184. The van der Waals surface area contributed by atoms with Gasteiger partial charge in [0, 0.05) is 18.8 Å². The van der Waals surface area contributed by atoms with Gasteiger partial charge in [-0.15, -0.1) is 0 Å². The largest absolute Gasteiger partial charge is 0.475 e. The Morgan fingerprint density at radius 3 is 2.85 bits per heavy atom. The molecule has 0 aliphatic carbocycles. The van der Waals surface area contributed by atoms with Crippen LogP contribution in [0.5, 0.6) is 5.88 Å². The van der Waals surface area contributed by atoms with E-state index < -0.39 is 23.5 Å². The molecule has 1 aromatic carbocycles. The van der Waals surface area contributed by atoms with Crippen LogP contribution in [-0.2, 0) is 13.2 Å². The topological polar surface area (TPSA) is 89.0 Å². The van der Waals surface area contributed by atoms with E-state index in [1.807, 2.05) is 0 Å². The van der Waals surface area contributed by atoms with Crippen LogP contribution in [0.2, 0.25) is 0 Å². The summed E-state index contributed by atoms with van der Waals surface area (Å²) in [4.78, 5) is 29.9. The summed E-state index contributed by atoms with van der Waals surface area (Å²) in [7, 11) is 1.60. The SMILES string of the molecule is Cn1c(=O)[nH]c2cc(C(=O)NCCOc3ncccc3C(F)(F)F)ccc21. The number of nitrogens with zero attached hydrogens (tertiary/aromatic N) is 2. The number of imidazole rings is 1. The van der Waals surface area contributed by atoms with E-state index in [2.05, 4.69) is 15.3 Å². The Kier molecular flexibility index (Phi) is 4.89. The normalized spacial score (nSPS) is 11.6. The standard InChI is InChI=1S/C17H15F3N4O3/c1-24-13-5-4-10(9-12(13)23-16(24)26)14(25)21-7-8-27-15-11(17(18,19)20)3-2-6-22-15/h2-6,9H,7-8H2,1H3,(H,21,25)(H,23,26). The number of amides is 1. The van der Waals surface area contributed by atoms with E-state index >= 15 is 0 Å². The Hall–Kier alpha value is -3.30. The van der Waals surface area contributed by atoms with Crippen molar-refractivity contribution in [3.8, 4) is 5.88 Å². The number of carbonyl (C=O) groups is 1. The monoisotopic (exact) mass is 380 g/mol. The van der Waals surface area contributed by atoms with Gasteiger partial charge >= 0.3 is 11.9 Å². The maximum Gasteiger partial charge on any atom is 0.421 e. The number of hydrogen-bond donors (Lipinski definition) is 2. The highest BCUT2D eigenvalue weighted by Gasteiger charge is 2.35. The van der Waals surface area contributed by atoms with E-state index in [0.29, 0.717) is 16.6 Å². The van der Waals surface area contributed by atoms with Crippen LogP contribution in [0.3, 0.4) is 0 Å². The predicted molar refractivity (Wildman–Crippen MR) is 90.6 cm³/mol. The molecule has 0 fully saturated rings. The molecule has 0 atom stereocenters. The number of benzene rings is 1. The first-order valence-electron chi connectivity index (χ1n) is 7.89. The van der Waals surface area contributed by atoms with Gasteiger partial charge in [-0.1, -0.05) is 0 Å². The highest BCUT2D eigenvalue weighted by Crippen LogP contribution is 2.34. The molecular formula is C17H15F3N4O3. The third-order valence-corrected chi connectivity index (χ3v) is 3.87. The molecule has 10 heteroatoms. The molecule has 7 nitrogen and oxygen atoms in total. The highest BCUT2D eigenvalue weighted by atomic mass is 19.4. The first-order valence-corrected chi connectivity index (χ1v) is 7.89. The molecule has 142 valence electrons. The molecule has 0 spiro atoms. The Morgan fingerprint density at radius 2 is 2.11 bits per heavy atom. The van der Waals surface area contributed by atoms with Crippen LogP contribution in [0.4, 0.5) is 13.2 Å². The van der Waals surface area contributed by atoms with Crippen molar-refractivity contribution in [2.24, 2.45) is 7.05 Å². The molecule has 0 aliphatic heterocycles. The zero-order valence-electron chi connectivity index (χ0n) is 14.1. The summed E-state index contributed by atoms with van der Waals surface area (Å²) >= 11 is 0. The first-order chi connectivity index (χ1) is 12.8. The zero-order chi connectivity index (χ0) is 19.6. The van der Waals surface area contributed by atoms with E-state index in [4.69, 9.17) is 4.74 Å². The van der Waals surface area contributed by atoms with Gasteiger partial charge in [-0.25, -0.2) is 9.78 Å². The lowest BCUT2D eigenvalue weighted by Gasteiger charge is -2.12. The van der Waals surface area contributed by atoms with E-state index in [1.165, 1.54) is 22.9 Å². The predicted octanol–water partition coefficient (Wildman–Crippen LogP) is 2.09. The van der Waals surface area contributed by atoms with Crippen molar-refractivity contribution in [1.82, 2.24) is 19.9 Å². The average Bonchev–Trinajstić information content (AvgIpc) is 2.91. The average molecular weight is 380 g/mol. The highest BCUT2D eigenvalue weighted by molar-refractivity contribution is 5.97. The molecule has 2 heterocycles. The van der Waals surface area contributed by atoms with Crippen molar-refractivity contribution in [2.45, 2.75) is 6.18 Å². The van der Waals surface area contributed by atoms with Gasteiger partial charge < -0.3 is 15.0 Å². The van der Waals surface area contributed by atoms with Crippen LogP contribution in [0, 0.1) is 0 Å². The summed E-state index contributed by atoms with van der Waals surface area (Å²) < 4.78 is 45.0. The first kappa shape index (κ1) is 18.5. The summed E-state index contributed by atoms with van der Waals surface area (Å²) in [5, 5.41) is 2.54. The number of fused-ring (bicyclic) bond motifs is 1. The molecule has 0 unspecified atom stereocenters. The Morgan fingerprint density at radius 1 is 1.33 bits per heavy atom. The van der Waals surface area contributed by atoms with Crippen molar-refractivity contribution in [2.75, 3.05) is 13.2 Å². The van der Waals surface area contributed by atoms with Gasteiger partial charge in [-0.05, 0) is 30.3 Å². The maximum absolute atomic E-state index is 12.8. The number of pyridine rings is 1. The van der Waals surface area contributed by atoms with Crippen LogP contribution in [0.25, 0.3) is 11.0 Å². The van der Waals surface area contributed by atoms with Crippen LogP contribution < -0.4 is 15.7 Å². The maximum atomic E-state index is 12.8. The molecule has 0 saturated carbocycles. The third-order valence-electron chi connectivity index (χ3n) is 3.87. The quantitative estimate of drug-likeness (QED) is 0.664. The van der Waals surface area contributed by atoms with Crippen molar-refractivity contribution in [3.05, 3.63) is 58.1 Å². The number of ether oxygens (including phenoxy) is 1. The number of H-pyrrole nitrogens is 1. The zero-order valence-corrected chi connectivity index (χ0v) is 14.1. The summed E-state index contributed by atoms with van der Waals surface area (Å²) in [6.07, 6.45) is -3.38. The number of rotatable bonds is 5. The fraction of sp³-hybridized carbons (Fsp3) is 0.235. The van der Waals surface area contributed by atoms with E-state index in [9.17, 15) is 22.8 Å². The van der Waals surface area contributed by atoms with Gasteiger partial charge in [0.15, 0.2) is 0 Å². The van der Waals surface area contributed by atoms with Gasteiger partial charge in [0.1, 0.15) is 12.2 Å². The van der Waals surface area contributed by atoms with Crippen molar-refractivity contribution in [1.29, 1.82) is 0 Å². The minimum Gasteiger partial charge on any atom is -0.475 e. The molecule has 0 bridgehead atoms. The van der Waals surface area contributed by atoms with Crippen LogP contribution in [0.15, 0.2) is 41.3 Å². The molecule has 3 rings (SSSR count). The molecule has 0 saturated heterocycles. The molecular weight excluding hydrogens is 365 g/mol. The van der Waals surface area contributed by atoms with Gasteiger partial charge in [0.2, 0.25) is 5.88 Å². The Bertz CT molecular complexity index is 1040. The number of carbonyl (C=O) groups excluding carboxylic acids is 1. The second-order valence-electron chi connectivity index (χ2n) is 5.68. The molecule has 2 N–H and O–H groups in total. The van der Waals surface area contributed by atoms with Crippen molar-refractivity contribution >= 4 is 16.9 Å². The van der Waals surface area contributed by atoms with Gasteiger partial charge in [-0.3, -0.25) is 9.36 Å². The Labute approximate surface area is 150 Å². The second kappa shape index (κ2) is 7.14. The van der Waals surface area contributed by atoms with Crippen molar-refractivity contribution < 1.29 is 22.7 Å². The van der Waals surface area contributed by atoms with Gasteiger partial charge in [-0.2, -0.15) is 13.2 Å². The Balaban J connectivity index is 1.60. The molecule has 27 heavy (non-hydrogen) atoms. The summed E-state index contributed by atoms with van der Waals surface area (Å²) in [5.74, 6) is -0.982. The fourth-order valence-corrected chi connectivity index (χ4v) is 2.51. The van der Waals surface area contributed by atoms with Crippen LogP contribution in [-0.4, -0.2) is 33.6 Å². The molecule has 0 aliphatic rings. The third kappa shape index (κ3) is 3.94. The number of halogens is 3. The van der Waals surface area contributed by atoms with Crippen molar-refractivity contribution in [3.63, 3.8) is 0 Å². The lowest BCUT2D eigenvalue weighted by atomic mass is 10.2. The van der Waals surface area contributed by atoms with E-state index in [0.717, 1.165) is 6.07 Å². The molecule has 1 amide bonds. The number of aryl methyl sites for hydroxylation is 1. The number of aromatic nitrogens is 3. The lowest BCUT2D eigenvalue weighted by Crippen LogP contribution is -2.28.